The van der Waals surface area contributed by atoms with Crippen LogP contribution in [0.3, 0.4) is 0 Å². The van der Waals surface area contributed by atoms with E-state index in [9.17, 15) is 0 Å². The van der Waals surface area contributed by atoms with Crippen LogP contribution in [0.1, 0.15) is 19.4 Å². The second-order valence-electron chi connectivity index (χ2n) is 3.49. The smallest absolute Gasteiger partial charge is 0.142 e. The van der Waals surface area contributed by atoms with Crippen LogP contribution in [0.4, 0.5) is 5.69 Å². The number of rotatable bonds is 4. The molecule has 0 amide bonds. The Balaban J connectivity index is 2.78. The summed E-state index contributed by atoms with van der Waals surface area (Å²) in [6.07, 6.45) is 0.844. The van der Waals surface area contributed by atoms with Crippen molar-refractivity contribution in [3.8, 4) is 5.75 Å². The number of anilines is 1. The molecular weight excluding hydrogens is 176 g/mol. The summed E-state index contributed by atoms with van der Waals surface area (Å²) < 4.78 is 5.34. The predicted octanol–water partition coefficient (Wildman–Crippen LogP) is 1.56. The molecule has 1 aromatic rings. The van der Waals surface area contributed by atoms with E-state index in [4.69, 9.17) is 16.2 Å². The van der Waals surface area contributed by atoms with Crippen LogP contribution in [0.5, 0.6) is 5.75 Å². The summed E-state index contributed by atoms with van der Waals surface area (Å²) in [4.78, 5) is 0. The summed E-state index contributed by atoms with van der Waals surface area (Å²) in [5.74, 6) is 0.751. The molecule has 0 bridgehead atoms. The van der Waals surface area contributed by atoms with Crippen molar-refractivity contribution in [2.45, 2.75) is 26.3 Å². The van der Waals surface area contributed by atoms with Crippen LogP contribution in [0, 0.1) is 0 Å². The van der Waals surface area contributed by atoms with Gasteiger partial charge < -0.3 is 16.2 Å². The first kappa shape index (κ1) is 10.9. The van der Waals surface area contributed by atoms with E-state index >= 15 is 0 Å². The Morgan fingerprint density at radius 2 is 2.14 bits per heavy atom. The van der Waals surface area contributed by atoms with E-state index in [0.29, 0.717) is 12.3 Å². The zero-order chi connectivity index (χ0) is 10.6. The van der Waals surface area contributed by atoms with Crippen LogP contribution < -0.4 is 16.2 Å². The van der Waals surface area contributed by atoms with Crippen LogP contribution in [0.25, 0.3) is 0 Å². The summed E-state index contributed by atoms with van der Waals surface area (Å²) in [5, 5.41) is 0. The average Bonchev–Trinajstić information content (AvgIpc) is 2.09. The number of ether oxygens (including phenoxy) is 1. The highest BCUT2D eigenvalue weighted by atomic mass is 16.5. The molecule has 1 aromatic carbocycles. The second kappa shape index (κ2) is 4.86. The number of benzene rings is 1. The lowest BCUT2D eigenvalue weighted by Gasteiger charge is -2.10. The predicted molar refractivity (Wildman–Crippen MR) is 59.4 cm³/mol. The molecule has 0 saturated heterocycles. The molecule has 0 spiro atoms. The van der Waals surface area contributed by atoms with E-state index in [-0.39, 0.29) is 6.04 Å². The quantitative estimate of drug-likeness (QED) is 0.715. The largest absolute Gasteiger partial charge is 0.492 e. The Bertz CT molecular complexity index is 297. The van der Waals surface area contributed by atoms with Crippen molar-refractivity contribution in [2.24, 2.45) is 5.73 Å². The third-order valence-electron chi connectivity index (χ3n) is 1.93. The fourth-order valence-corrected chi connectivity index (χ4v) is 1.38. The minimum atomic E-state index is 0.160. The molecule has 0 radical (unpaired) electrons. The second-order valence-corrected chi connectivity index (χ2v) is 3.49. The Morgan fingerprint density at radius 3 is 2.64 bits per heavy atom. The number of nitrogen functional groups attached to an aromatic ring is 1. The van der Waals surface area contributed by atoms with Crippen LogP contribution >= 0.6 is 0 Å². The van der Waals surface area contributed by atoms with Gasteiger partial charge in [0, 0.05) is 6.04 Å². The normalized spacial score (nSPS) is 12.5. The van der Waals surface area contributed by atoms with Gasteiger partial charge in [-0.1, -0.05) is 6.07 Å². The van der Waals surface area contributed by atoms with Crippen LogP contribution in [-0.2, 0) is 6.42 Å². The van der Waals surface area contributed by atoms with Gasteiger partial charge in [0.05, 0.1) is 12.3 Å². The van der Waals surface area contributed by atoms with Gasteiger partial charge in [-0.05, 0) is 38.0 Å². The van der Waals surface area contributed by atoms with Gasteiger partial charge in [-0.15, -0.1) is 0 Å². The minimum absolute atomic E-state index is 0.160. The zero-order valence-electron chi connectivity index (χ0n) is 8.79. The molecule has 1 unspecified atom stereocenters. The molecule has 0 heterocycles. The number of nitrogens with two attached hydrogens (primary N) is 2. The van der Waals surface area contributed by atoms with Gasteiger partial charge in [0.15, 0.2) is 0 Å². The maximum atomic E-state index is 5.82. The highest BCUT2D eigenvalue weighted by molar-refractivity contribution is 5.54. The van der Waals surface area contributed by atoms with Crippen molar-refractivity contribution in [1.82, 2.24) is 0 Å². The van der Waals surface area contributed by atoms with Gasteiger partial charge in [-0.2, -0.15) is 0 Å². The highest BCUT2D eigenvalue weighted by Crippen LogP contribution is 2.22. The molecule has 3 nitrogen and oxygen atoms in total. The van der Waals surface area contributed by atoms with E-state index in [1.807, 2.05) is 32.0 Å². The lowest BCUT2D eigenvalue weighted by molar-refractivity contribution is 0.342. The van der Waals surface area contributed by atoms with Crippen molar-refractivity contribution in [2.75, 3.05) is 12.3 Å². The Labute approximate surface area is 85.0 Å². The van der Waals surface area contributed by atoms with Gasteiger partial charge in [0.25, 0.3) is 0 Å². The first-order chi connectivity index (χ1) is 6.63. The maximum Gasteiger partial charge on any atom is 0.142 e. The lowest BCUT2D eigenvalue weighted by Crippen LogP contribution is -2.17. The Kier molecular flexibility index (Phi) is 3.77. The molecule has 1 atom stereocenters. The summed E-state index contributed by atoms with van der Waals surface area (Å²) in [6.45, 7) is 4.55. The van der Waals surface area contributed by atoms with Gasteiger partial charge in [0.1, 0.15) is 5.75 Å². The molecule has 78 valence electrons. The Morgan fingerprint density at radius 1 is 1.43 bits per heavy atom. The van der Waals surface area contributed by atoms with Gasteiger partial charge in [-0.25, -0.2) is 0 Å². The third kappa shape index (κ3) is 2.92. The van der Waals surface area contributed by atoms with Crippen molar-refractivity contribution < 1.29 is 4.74 Å². The monoisotopic (exact) mass is 194 g/mol. The van der Waals surface area contributed by atoms with E-state index < -0.39 is 0 Å². The summed E-state index contributed by atoms with van der Waals surface area (Å²) in [6, 6.07) is 5.99. The molecule has 3 heteroatoms. The number of hydrogen-bond donors (Lipinski definition) is 2. The highest BCUT2D eigenvalue weighted by Gasteiger charge is 2.02. The van der Waals surface area contributed by atoms with Crippen LogP contribution in [0.15, 0.2) is 18.2 Å². The van der Waals surface area contributed by atoms with Gasteiger partial charge in [-0.3, -0.25) is 0 Å². The molecule has 0 aliphatic carbocycles. The van der Waals surface area contributed by atoms with Crippen LogP contribution in [0.2, 0.25) is 0 Å². The van der Waals surface area contributed by atoms with Crippen molar-refractivity contribution >= 4 is 5.69 Å². The molecule has 0 aliphatic rings. The fraction of sp³-hybridized carbons (Fsp3) is 0.455. The van der Waals surface area contributed by atoms with Crippen molar-refractivity contribution in [3.05, 3.63) is 23.8 Å². The summed E-state index contributed by atoms with van der Waals surface area (Å²) in [5.41, 5.74) is 13.4. The molecular formula is C11H18N2O. The molecule has 0 saturated carbocycles. The lowest BCUT2D eigenvalue weighted by atomic mass is 10.1. The minimum Gasteiger partial charge on any atom is -0.492 e. The Hall–Kier alpha value is -1.22. The third-order valence-corrected chi connectivity index (χ3v) is 1.93. The standard InChI is InChI=1S/C11H18N2O/c1-3-14-11-5-4-9(6-8(2)12)7-10(11)13/h4-5,7-8H,3,6,12-13H2,1-2H3. The van der Waals surface area contributed by atoms with Crippen LogP contribution in [-0.4, -0.2) is 12.6 Å². The molecule has 1 rings (SSSR count). The molecule has 14 heavy (non-hydrogen) atoms. The van der Waals surface area contributed by atoms with E-state index in [1.165, 1.54) is 0 Å². The maximum absolute atomic E-state index is 5.82. The zero-order valence-corrected chi connectivity index (χ0v) is 8.79. The molecule has 0 aliphatic heterocycles. The molecule has 0 aromatic heterocycles. The molecule has 0 fully saturated rings. The topological polar surface area (TPSA) is 61.3 Å². The first-order valence-electron chi connectivity index (χ1n) is 4.90. The first-order valence-corrected chi connectivity index (χ1v) is 4.90. The molecule has 4 N–H and O–H groups in total. The SMILES string of the molecule is CCOc1ccc(CC(C)N)cc1N. The van der Waals surface area contributed by atoms with E-state index in [2.05, 4.69) is 0 Å². The van der Waals surface area contributed by atoms with E-state index in [1.54, 1.807) is 0 Å². The number of hydrogen-bond acceptors (Lipinski definition) is 3. The van der Waals surface area contributed by atoms with Gasteiger partial charge >= 0.3 is 0 Å². The summed E-state index contributed by atoms with van der Waals surface area (Å²) in [7, 11) is 0. The van der Waals surface area contributed by atoms with E-state index in [0.717, 1.165) is 17.7 Å². The fourth-order valence-electron chi connectivity index (χ4n) is 1.38. The average molecular weight is 194 g/mol. The van der Waals surface area contributed by atoms with Gasteiger partial charge in [0.2, 0.25) is 0 Å². The van der Waals surface area contributed by atoms with Crippen molar-refractivity contribution in [3.63, 3.8) is 0 Å². The van der Waals surface area contributed by atoms with Crippen molar-refractivity contribution in [1.29, 1.82) is 0 Å². The summed E-state index contributed by atoms with van der Waals surface area (Å²) >= 11 is 0.